The second kappa shape index (κ2) is 6.20. The van der Waals surface area contributed by atoms with Crippen molar-refractivity contribution < 1.29 is 9.59 Å². The largest absolute Gasteiger partial charge is 0.351 e. The first-order chi connectivity index (χ1) is 11.8. The van der Waals surface area contributed by atoms with E-state index in [1.807, 2.05) is 0 Å². The number of benzene rings is 1. The highest BCUT2D eigenvalue weighted by molar-refractivity contribution is 9.10. The zero-order chi connectivity index (χ0) is 18.3. The van der Waals surface area contributed by atoms with Gasteiger partial charge in [-0.3, -0.25) is 14.4 Å². The third kappa shape index (κ3) is 2.84. The van der Waals surface area contributed by atoms with Crippen LogP contribution < -0.4 is 11.2 Å². The van der Waals surface area contributed by atoms with Gasteiger partial charge in [0.25, 0.3) is 5.56 Å². The van der Waals surface area contributed by atoms with E-state index in [4.69, 9.17) is 0 Å². The molecule has 0 N–H and O–H groups in total. The van der Waals surface area contributed by atoms with Crippen LogP contribution in [0.4, 0.5) is 0 Å². The molecule has 0 saturated heterocycles. The van der Waals surface area contributed by atoms with E-state index >= 15 is 0 Å². The SMILES string of the molecule is CN1N=CC(c2nn(C)c(=O)n(-c3cccc(Br)c3)c2=O)C(=O)C1=O. The summed E-state index contributed by atoms with van der Waals surface area (Å²) in [5.74, 6) is -2.92. The van der Waals surface area contributed by atoms with Crippen LogP contribution in [0.15, 0.2) is 43.4 Å². The number of aromatic nitrogens is 3. The molecule has 1 atom stereocenters. The molecule has 2 aromatic rings. The highest BCUT2D eigenvalue weighted by atomic mass is 79.9. The second-order valence-corrected chi connectivity index (χ2v) is 6.26. The summed E-state index contributed by atoms with van der Waals surface area (Å²) >= 11 is 3.28. The van der Waals surface area contributed by atoms with Gasteiger partial charge < -0.3 is 0 Å². The van der Waals surface area contributed by atoms with Crippen molar-refractivity contribution in [3.63, 3.8) is 0 Å². The van der Waals surface area contributed by atoms with E-state index in [-0.39, 0.29) is 5.69 Å². The Hall–Kier alpha value is -2.88. The van der Waals surface area contributed by atoms with Crippen LogP contribution in [-0.4, -0.2) is 44.3 Å². The highest BCUT2D eigenvalue weighted by Gasteiger charge is 2.35. The van der Waals surface area contributed by atoms with E-state index in [1.165, 1.54) is 20.3 Å². The molecule has 25 heavy (non-hydrogen) atoms. The molecular weight excluding hydrogens is 394 g/mol. The Labute approximate surface area is 149 Å². The van der Waals surface area contributed by atoms with Crippen LogP contribution in [0.25, 0.3) is 5.69 Å². The lowest BCUT2D eigenvalue weighted by Crippen LogP contribution is -2.46. The number of aryl methyl sites for hydroxylation is 1. The number of hydrogen-bond acceptors (Lipinski definition) is 6. The number of rotatable bonds is 2. The molecule has 1 aliphatic heterocycles. The van der Waals surface area contributed by atoms with Gasteiger partial charge in [0.05, 0.1) is 5.69 Å². The smallest absolute Gasteiger partial charge is 0.287 e. The lowest BCUT2D eigenvalue weighted by Gasteiger charge is -2.20. The average Bonchev–Trinajstić information content (AvgIpc) is 2.57. The molecule has 2 heterocycles. The van der Waals surface area contributed by atoms with Gasteiger partial charge in [-0.15, -0.1) is 0 Å². The molecule has 10 heteroatoms. The van der Waals surface area contributed by atoms with Crippen molar-refractivity contribution in [1.29, 1.82) is 0 Å². The summed E-state index contributed by atoms with van der Waals surface area (Å²) in [6, 6.07) is 6.57. The van der Waals surface area contributed by atoms with Gasteiger partial charge in [-0.1, -0.05) is 22.0 Å². The fraction of sp³-hybridized carbons (Fsp3) is 0.200. The molecule has 9 nitrogen and oxygen atoms in total. The Bertz CT molecular complexity index is 1040. The van der Waals surface area contributed by atoms with Crippen LogP contribution in [0, 0.1) is 0 Å². The number of hydrazone groups is 1. The van der Waals surface area contributed by atoms with E-state index < -0.39 is 28.9 Å². The van der Waals surface area contributed by atoms with Crippen molar-refractivity contribution in [2.75, 3.05) is 7.05 Å². The molecule has 0 fully saturated rings. The highest BCUT2D eigenvalue weighted by Crippen LogP contribution is 2.16. The number of carbonyl (C=O) groups is 2. The van der Waals surface area contributed by atoms with Gasteiger partial charge in [0.1, 0.15) is 11.6 Å². The van der Waals surface area contributed by atoms with Gasteiger partial charge in [0.2, 0.25) is 5.78 Å². The van der Waals surface area contributed by atoms with Gasteiger partial charge in [-0.25, -0.2) is 19.1 Å². The third-order valence-electron chi connectivity index (χ3n) is 3.69. The number of amides is 1. The van der Waals surface area contributed by atoms with Gasteiger partial charge in [-0.05, 0) is 18.2 Å². The first kappa shape index (κ1) is 17.0. The number of ketones is 1. The van der Waals surface area contributed by atoms with Crippen LogP contribution in [0.5, 0.6) is 0 Å². The van der Waals surface area contributed by atoms with E-state index in [9.17, 15) is 19.2 Å². The molecule has 0 saturated carbocycles. The Morgan fingerprint density at radius 3 is 2.52 bits per heavy atom. The van der Waals surface area contributed by atoms with Crippen molar-refractivity contribution in [2.24, 2.45) is 12.1 Å². The Morgan fingerprint density at radius 1 is 1.12 bits per heavy atom. The van der Waals surface area contributed by atoms with Gasteiger partial charge in [0, 0.05) is 24.8 Å². The van der Waals surface area contributed by atoms with E-state index in [0.717, 1.165) is 14.3 Å². The summed E-state index contributed by atoms with van der Waals surface area (Å²) in [5.41, 5.74) is -1.37. The van der Waals surface area contributed by atoms with Crippen LogP contribution in [0.2, 0.25) is 0 Å². The summed E-state index contributed by atoms with van der Waals surface area (Å²) in [6.07, 6.45) is 1.17. The second-order valence-electron chi connectivity index (χ2n) is 5.35. The Morgan fingerprint density at radius 2 is 1.84 bits per heavy atom. The molecule has 1 aromatic heterocycles. The molecule has 0 bridgehead atoms. The molecule has 1 aliphatic rings. The zero-order valence-corrected chi connectivity index (χ0v) is 14.8. The van der Waals surface area contributed by atoms with Crippen molar-refractivity contribution in [3.05, 3.63) is 55.3 Å². The summed E-state index contributed by atoms with van der Waals surface area (Å²) in [4.78, 5) is 49.3. The first-order valence-corrected chi connectivity index (χ1v) is 7.92. The maximum atomic E-state index is 12.8. The summed E-state index contributed by atoms with van der Waals surface area (Å²) in [7, 11) is 2.69. The predicted molar refractivity (Wildman–Crippen MR) is 91.8 cm³/mol. The Kier molecular flexibility index (Phi) is 4.21. The maximum Gasteiger partial charge on any atom is 0.351 e. The number of halogens is 1. The van der Waals surface area contributed by atoms with Crippen molar-refractivity contribution in [2.45, 2.75) is 5.92 Å². The summed E-state index contributed by atoms with van der Waals surface area (Å²) < 4.78 is 2.52. The van der Waals surface area contributed by atoms with Crippen LogP contribution in [0.3, 0.4) is 0 Å². The van der Waals surface area contributed by atoms with Crippen LogP contribution in [-0.2, 0) is 16.6 Å². The topological polar surface area (TPSA) is 107 Å². The van der Waals surface area contributed by atoms with Crippen molar-refractivity contribution >= 4 is 33.8 Å². The van der Waals surface area contributed by atoms with Gasteiger partial charge in [0.15, 0.2) is 0 Å². The lowest BCUT2D eigenvalue weighted by atomic mass is 10.00. The summed E-state index contributed by atoms with van der Waals surface area (Å²) in [6.45, 7) is 0. The van der Waals surface area contributed by atoms with E-state index in [1.54, 1.807) is 24.3 Å². The zero-order valence-electron chi connectivity index (χ0n) is 13.2. The number of hydrogen-bond donors (Lipinski definition) is 0. The number of carbonyl (C=O) groups excluding carboxylic acids is 2. The van der Waals surface area contributed by atoms with Crippen molar-refractivity contribution in [1.82, 2.24) is 19.4 Å². The minimum atomic E-state index is -1.23. The first-order valence-electron chi connectivity index (χ1n) is 7.13. The van der Waals surface area contributed by atoms with Crippen LogP contribution >= 0.6 is 15.9 Å². The average molecular weight is 406 g/mol. The maximum absolute atomic E-state index is 12.8. The number of nitrogens with zero attached hydrogens (tertiary/aromatic N) is 5. The van der Waals surface area contributed by atoms with Gasteiger partial charge >= 0.3 is 11.6 Å². The molecule has 128 valence electrons. The molecule has 1 amide bonds. The Balaban J connectivity index is 2.26. The lowest BCUT2D eigenvalue weighted by molar-refractivity contribution is -0.144. The predicted octanol–water partition coefficient (Wildman–Crippen LogP) is -0.196. The minimum absolute atomic E-state index is 0.239. The third-order valence-corrected chi connectivity index (χ3v) is 4.18. The number of Topliss-reactive ketones (excluding diaryl/α,β-unsaturated/α-hetero) is 1. The van der Waals surface area contributed by atoms with E-state index in [2.05, 4.69) is 26.1 Å². The number of likely N-dealkylation sites (N-methyl/N-ethyl adjacent to an activating group) is 1. The molecule has 3 rings (SSSR count). The fourth-order valence-corrected chi connectivity index (χ4v) is 2.79. The molecule has 0 spiro atoms. The monoisotopic (exact) mass is 405 g/mol. The normalized spacial score (nSPS) is 17.2. The van der Waals surface area contributed by atoms with Crippen LogP contribution in [0.1, 0.15) is 11.6 Å². The standard InChI is InChI=1S/C15H12BrN5O4/c1-19-14(24)12(22)10(7-17-19)11-13(23)21(15(25)20(2)18-11)9-5-3-4-8(16)6-9/h3-7,10H,1-2H3. The minimum Gasteiger partial charge on any atom is -0.287 e. The molecule has 0 radical (unpaired) electrons. The summed E-state index contributed by atoms with van der Waals surface area (Å²) in [5, 5.41) is 8.56. The quantitative estimate of drug-likeness (QED) is 0.643. The van der Waals surface area contributed by atoms with Crippen molar-refractivity contribution in [3.8, 4) is 5.69 Å². The van der Waals surface area contributed by atoms with Gasteiger partial charge in [-0.2, -0.15) is 10.2 Å². The molecular formula is C15H12BrN5O4. The fourth-order valence-electron chi connectivity index (χ4n) is 2.41. The molecule has 0 aliphatic carbocycles. The molecule has 1 unspecified atom stereocenters. The van der Waals surface area contributed by atoms with E-state index in [0.29, 0.717) is 10.2 Å². The molecule has 1 aromatic carbocycles.